The number of hydrogen-bond acceptors (Lipinski definition) is 0. The van der Waals surface area contributed by atoms with Gasteiger partial charge in [-0.05, 0) is 154 Å². The molecule has 0 nitrogen and oxygen atoms in total. The van der Waals surface area contributed by atoms with E-state index in [9.17, 15) is 0 Å². The second-order valence-corrected chi connectivity index (χ2v) is 16.0. The minimum absolute atomic E-state index is 0.378. The maximum Gasteiger partial charge on any atom is -0.0194 e. The topological polar surface area (TPSA) is 0 Å². The molecule has 0 spiro atoms. The Morgan fingerprint density at radius 3 is 1.81 bits per heavy atom. The molecule has 0 aromatic heterocycles. The Kier molecular flexibility index (Phi) is 18.0. The summed E-state index contributed by atoms with van der Waals surface area (Å²) >= 11 is 0. The van der Waals surface area contributed by atoms with E-state index >= 15 is 0 Å². The van der Waals surface area contributed by atoms with E-state index in [0.29, 0.717) is 11.3 Å². The van der Waals surface area contributed by atoms with Gasteiger partial charge in [-0.25, -0.2) is 0 Å². The van der Waals surface area contributed by atoms with Gasteiger partial charge < -0.3 is 0 Å². The van der Waals surface area contributed by atoms with E-state index in [1.54, 1.807) is 11.1 Å². The molecule has 1 rings (SSSR count). The molecule has 0 saturated heterocycles. The van der Waals surface area contributed by atoms with Gasteiger partial charge in [0.25, 0.3) is 0 Å². The lowest BCUT2D eigenvalue weighted by molar-refractivity contribution is 0.0942. The lowest BCUT2D eigenvalue weighted by Crippen LogP contribution is -2.36. The highest BCUT2D eigenvalue weighted by atomic mass is 14.4. The fraction of sp³-hybridized carbons (Fsp3) is 0.714. The molecule has 0 saturated carbocycles. The third kappa shape index (κ3) is 16.9. The number of allylic oxidation sites excluding steroid dienone is 11. The molecule has 0 aromatic rings. The van der Waals surface area contributed by atoms with Crippen LogP contribution in [0.2, 0.25) is 0 Å². The molecule has 0 aromatic carbocycles. The highest BCUT2D eigenvalue weighted by Gasteiger charge is 2.38. The summed E-state index contributed by atoms with van der Waals surface area (Å²) in [6.45, 7) is 32.8. The molecule has 0 heterocycles. The predicted molar refractivity (Wildman–Crippen MR) is 193 cm³/mol. The summed E-state index contributed by atoms with van der Waals surface area (Å²) in [5, 5.41) is 0. The lowest BCUT2D eigenvalue weighted by Gasteiger charge is -2.44. The van der Waals surface area contributed by atoms with E-state index in [0.717, 1.165) is 36.5 Å². The van der Waals surface area contributed by atoms with Gasteiger partial charge in [0.1, 0.15) is 0 Å². The minimum atomic E-state index is 0.378. The van der Waals surface area contributed by atoms with Gasteiger partial charge in [0.2, 0.25) is 0 Å². The maximum atomic E-state index is 4.56. The Bertz CT molecular complexity index is 942. The molecule has 0 aliphatic heterocycles. The fourth-order valence-corrected chi connectivity index (χ4v) is 7.23. The van der Waals surface area contributed by atoms with Gasteiger partial charge in [-0.15, -0.1) is 0 Å². The third-order valence-corrected chi connectivity index (χ3v) is 9.35. The predicted octanol–water partition coefficient (Wildman–Crippen LogP) is 14.2. The standard InChI is InChI=1S/C42H72/c1-31(2)18-14-20-34(7)22-16-23-36(9)26-27-39-28-38(25-17-24-35(8)21-15-19-32(3)4)29-40(33(5)6)41(39)37(10)30-42(11,12)13/h18-19,22,24,28,33,37,39-41H,9,14-17,20-21,23,25-27,29-30H2,1-8,10-13H3/b34-22+,35-24+. The number of hydrogen-bond donors (Lipinski definition) is 0. The summed E-state index contributed by atoms with van der Waals surface area (Å²) in [6, 6.07) is 0. The Balaban J connectivity index is 2.97. The maximum absolute atomic E-state index is 4.56. The van der Waals surface area contributed by atoms with E-state index in [1.807, 2.05) is 0 Å². The van der Waals surface area contributed by atoms with Crippen LogP contribution in [0.4, 0.5) is 0 Å². The molecule has 0 radical (unpaired) electrons. The minimum Gasteiger partial charge on any atom is -0.0999 e. The van der Waals surface area contributed by atoms with Gasteiger partial charge in [0.15, 0.2) is 0 Å². The van der Waals surface area contributed by atoms with Gasteiger partial charge in [-0.3, -0.25) is 0 Å². The van der Waals surface area contributed by atoms with E-state index in [1.165, 1.54) is 86.5 Å². The van der Waals surface area contributed by atoms with Crippen molar-refractivity contribution in [3.63, 3.8) is 0 Å². The fourth-order valence-electron chi connectivity index (χ4n) is 7.23. The molecule has 1 aliphatic rings. The summed E-state index contributed by atoms with van der Waals surface area (Å²) in [5.74, 6) is 3.72. The van der Waals surface area contributed by atoms with E-state index in [2.05, 4.69) is 120 Å². The van der Waals surface area contributed by atoms with E-state index in [4.69, 9.17) is 0 Å². The van der Waals surface area contributed by atoms with Gasteiger partial charge in [0.05, 0.1) is 0 Å². The summed E-state index contributed by atoms with van der Waals surface area (Å²) in [5.41, 5.74) is 9.48. The molecule has 0 heteroatoms. The van der Waals surface area contributed by atoms with Crippen LogP contribution in [0.25, 0.3) is 0 Å². The Labute approximate surface area is 265 Å². The van der Waals surface area contributed by atoms with Gasteiger partial charge in [0, 0.05) is 0 Å². The van der Waals surface area contributed by atoms with Crippen LogP contribution in [-0.2, 0) is 0 Å². The SMILES string of the molecule is C=C(CC/C=C(\C)CCC=C(C)C)CCC1C=C(CC/C=C(\C)CCC=C(C)C)CC(C(C)C)C1C(C)CC(C)(C)C. The molecule has 42 heavy (non-hydrogen) atoms. The first-order chi connectivity index (χ1) is 19.6. The zero-order valence-electron chi connectivity index (χ0n) is 30.5. The van der Waals surface area contributed by atoms with Gasteiger partial charge >= 0.3 is 0 Å². The zero-order valence-corrected chi connectivity index (χ0v) is 30.5. The van der Waals surface area contributed by atoms with Crippen molar-refractivity contribution in [2.75, 3.05) is 0 Å². The first-order valence-corrected chi connectivity index (χ1v) is 17.5. The van der Waals surface area contributed by atoms with Crippen molar-refractivity contribution in [1.82, 2.24) is 0 Å². The summed E-state index contributed by atoms with van der Waals surface area (Å²) < 4.78 is 0. The third-order valence-electron chi connectivity index (χ3n) is 9.35. The van der Waals surface area contributed by atoms with Crippen molar-refractivity contribution in [1.29, 1.82) is 0 Å². The molecule has 0 bridgehead atoms. The Morgan fingerprint density at radius 2 is 1.31 bits per heavy atom. The van der Waals surface area contributed by atoms with Crippen LogP contribution in [0.5, 0.6) is 0 Å². The Hall–Kier alpha value is -1.56. The molecule has 0 amide bonds. The second-order valence-electron chi connectivity index (χ2n) is 16.0. The van der Waals surface area contributed by atoms with Gasteiger partial charge in [-0.2, -0.15) is 0 Å². The largest absolute Gasteiger partial charge is 0.0999 e. The quantitative estimate of drug-likeness (QED) is 0.142. The number of rotatable bonds is 18. The van der Waals surface area contributed by atoms with Gasteiger partial charge in [-0.1, -0.05) is 112 Å². The lowest BCUT2D eigenvalue weighted by atomic mass is 9.60. The van der Waals surface area contributed by atoms with E-state index < -0.39 is 0 Å². The summed E-state index contributed by atoms with van der Waals surface area (Å²) in [7, 11) is 0. The van der Waals surface area contributed by atoms with Crippen LogP contribution in [0, 0.1) is 35.0 Å². The molecule has 4 unspecified atom stereocenters. The average molecular weight is 577 g/mol. The van der Waals surface area contributed by atoms with Crippen LogP contribution in [0.3, 0.4) is 0 Å². The highest BCUT2D eigenvalue weighted by Crippen LogP contribution is 2.47. The zero-order chi connectivity index (χ0) is 31.9. The van der Waals surface area contributed by atoms with Crippen LogP contribution >= 0.6 is 0 Å². The first kappa shape index (κ1) is 38.5. The van der Waals surface area contributed by atoms with Crippen molar-refractivity contribution < 1.29 is 0 Å². The van der Waals surface area contributed by atoms with Crippen LogP contribution in [0.15, 0.2) is 70.4 Å². The van der Waals surface area contributed by atoms with Crippen molar-refractivity contribution in [3.8, 4) is 0 Å². The van der Waals surface area contributed by atoms with Crippen molar-refractivity contribution in [2.24, 2.45) is 35.0 Å². The van der Waals surface area contributed by atoms with Crippen molar-refractivity contribution in [2.45, 2.75) is 160 Å². The normalized spacial score (nSPS) is 20.8. The molecule has 240 valence electrons. The monoisotopic (exact) mass is 577 g/mol. The van der Waals surface area contributed by atoms with Crippen molar-refractivity contribution >= 4 is 0 Å². The smallest absolute Gasteiger partial charge is 0.0194 e. The molecule has 1 aliphatic carbocycles. The molecule has 0 N–H and O–H groups in total. The summed E-state index contributed by atoms with van der Waals surface area (Å²) in [6.07, 6.45) is 26.9. The van der Waals surface area contributed by atoms with Crippen LogP contribution in [0.1, 0.15) is 160 Å². The Morgan fingerprint density at radius 1 is 0.786 bits per heavy atom. The molecular formula is C42H72. The van der Waals surface area contributed by atoms with E-state index in [-0.39, 0.29) is 0 Å². The highest BCUT2D eigenvalue weighted by molar-refractivity contribution is 5.16. The van der Waals surface area contributed by atoms with Crippen LogP contribution < -0.4 is 0 Å². The molecule has 4 atom stereocenters. The van der Waals surface area contributed by atoms with Crippen molar-refractivity contribution in [3.05, 3.63) is 70.4 Å². The first-order valence-electron chi connectivity index (χ1n) is 17.5. The van der Waals surface area contributed by atoms with Crippen LogP contribution in [-0.4, -0.2) is 0 Å². The summed E-state index contributed by atoms with van der Waals surface area (Å²) in [4.78, 5) is 0. The molecule has 0 fully saturated rings. The average Bonchev–Trinajstić information content (AvgIpc) is 2.85. The molecular weight excluding hydrogens is 504 g/mol. The second kappa shape index (κ2) is 19.7.